The van der Waals surface area contributed by atoms with Gasteiger partial charge in [0.2, 0.25) is 10.0 Å². The fraction of sp³-hybridized carbons (Fsp3) is 0.120. The number of hydrogen-bond acceptors (Lipinski definition) is 6. The van der Waals surface area contributed by atoms with Gasteiger partial charge in [0.05, 0.1) is 17.6 Å². The maximum Gasteiger partial charge on any atom is 0.339 e. The Morgan fingerprint density at radius 2 is 1.56 bits per heavy atom. The molecule has 176 valence electrons. The van der Waals surface area contributed by atoms with E-state index in [4.69, 9.17) is 14.6 Å². The molecule has 3 N–H and O–H groups in total. The molecule has 9 heteroatoms. The van der Waals surface area contributed by atoms with Gasteiger partial charge in [-0.05, 0) is 48.9 Å². The highest BCUT2D eigenvalue weighted by Crippen LogP contribution is 2.26. The number of sulfonamides is 1. The predicted molar refractivity (Wildman–Crippen MR) is 129 cm³/mol. The van der Waals surface area contributed by atoms with Gasteiger partial charge in [-0.25, -0.2) is 18.4 Å². The van der Waals surface area contributed by atoms with Crippen molar-refractivity contribution < 1.29 is 27.5 Å². The van der Waals surface area contributed by atoms with Crippen LogP contribution in [0.5, 0.6) is 5.75 Å². The number of methoxy groups -OCH3 is 1. The highest BCUT2D eigenvalue weighted by atomic mass is 32.2. The number of primary sulfonamides is 1. The number of carbonyl (C=O) groups excluding carboxylic acids is 2. The third-order valence-electron chi connectivity index (χ3n) is 4.85. The number of nitrogens with one attached hydrogen (secondary N) is 1. The Hall–Kier alpha value is -3.95. The second-order valence-corrected chi connectivity index (χ2v) is 8.83. The summed E-state index contributed by atoms with van der Waals surface area (Å²) in [4.78, 5) is 25.6. The number of esters is 1. The predicted octanol–water partition coefficient (Wildman–Crippen LogP) is 3.45. The molecule has 3 aromatic rings. The smallest absolute Gasteiger partial charge is 0.339 e. The first-order valence-electron chi connectivity index (χ1n) is 10.2. The van der Waals surface area contributed by atoms with Gasteiger partial charge in [-0.1, -0.05) is 48.5 Å². The van der Waals surface area contributed by atoms with E-state index in [-0.39, 0.29) is 10.5 Å². The van der Waals surface area contributed by atoms with Crippen LogP contribution in [-0.4, -0.2) is 33.5 Å². The Kier molecular flexibility index (Phi) is 7.83. The SMILES string of the molecule is COc1ccccc1/C=C(/C(=O)OC(C)C(=O)Nc1ccc(S(N)(=O)=O)cc1)c1ccccc1. The van der Waals surface area contributed by atoms with Crippen LogP contribution in [0.1, 0.15) is 18.1 Å². The topological polar surface area (TPSA) is 125 Å². The van der Waals surface area contributed by atoms with Gasteiger partial charge in [-0.15, -0.1) is 0 Å². The highest BCUT2D eigenvalue weighted by molar-refractivity contribution is 7.89. The number of ether oxygens (including phenoxy) is 2. The van der Waals surface area contributed by atoms with Crippen LogP contribution in [0.15, 0.2) is 83.8 Å². The van der Waals surface area contributed by atoms with Crippen LogP contribution >= 0.6 is 0 Å². The summed E-state index contributed by atoms with van der Waals surface area (Å²) in [5.41, 5.74) is 1.87. The first-order valence-corrected chi connectivity index (χ1v) is 11.8. The van der Waals surface area contributed by atoms with E-state index in [1.807, 2.05) is 18.2 Å². The largest absolute Gasteiger partial charge is 0.496 e. The van der Waals surface area contributed by atoms with Crippen molar-refractivity contribution in [2.24, 2.45) is 5.14 Å². The lowest BCUT2D eigenvalue weighted by molar-refractivity contribution is -0.147. The average molecular weight is 481 g/mol. The second-order valence-electron chi connectivity index (χ2n) is 7.27. The quantitative estimate of drug-likeness (QED) is 0.289. The number of rotatable bonds is 8. The Bertz CT molecular complexity index is 1300. The number of amides is 1. The molecular formula is C25H24N2O6S. The molecule has 0 saturated carbocycles. The lowest BCUT2D eigenvalue weighted by Crippen LogP contribution is -2.30. The van der Waals surface area contributed by atoms with E-state index in [0.29, 0.717) is 22.6 Å². The molecule has 34 heavy (non-hydrogen) atoms. The standard InChI is InChI=1S/C25H24N2O6S/c1-17(24(28)27-20-12-14-21(15-13-20)34(26,30)31)33-25(29)22(18-8-4-3-5-9-18)16-19-10-6-7-11-23(19)32-2/h3-17H,1-2H3,(H,27,28)(H2,26,30,31)/b22-16+. The van der Waals surface area contributed by atoms with Crippen LogP contribution in [0.25, 0.3) is 11.6 Å². The number of hydrogen-bond donors (Lipinski definition) is 2. The summed E-state index contributed by atoms with van der Waals surface area (Å²) in [5.74, 6) is -0.691. The fourth-order valence-corrected chi connectivity index (χ4v) is 3.58. The molecule has 0 aromatic heterocycles. The summed E-state index contributed by atoms with van der Waals surface area (Å²) >= 11 is 0. The molecule has 3 aromatic carbocycles. The van der Waals surface area contributed by atoms with Crippen molar-refractivity contribution in [3.8, 4) is 5.75 Å². The molecule has 0 aliphatic rings. The lowest BCUT2D eigenvalue weighted by atomic mass is 10.0. The molecule has 0 aliphatic heterocycles. The van der Waals surface area contributed by atoms with Crippen molar-refractivity contribution in [1.29, 1.82) is 0 Å². The number of nitrogens with two attached hydrogens (primary N) is 1. The maximum atomic E-state index is 13.1. The highest BCUT2D eigenvalue weighted by Gasteiger charge is 2.22. The van der Waals surface area contributed by atoms with Gasteiger partial charge in [0.25, 0.3) is 5.91 Å². The van der Waals surface area contributed by atoms with E-state index in [0.717, 1.165) is 0 Å². The van der Waals surface area contributed by atoms with Crippen molar-refractivity contribution in [3.05, 3.63) is 90.0 Å². The average Bonchev–Trinajstić information content (AvgIpc) is 2.83. The van der Waals surface area contributed by atoms with E-state index in [9.17, 15) is 18.0 Å². The molecule has 0 saturated heterocycles. The van der Waals surface area contributed by atoms with Gasteiger partial charge in [-0.2, -0.15) is 0 Å². The zero-order valence-corrected chi connectivity index (χ0v) is 19.4. The molecule has 3 rings (SSSR count). The summed E-state index contributed by atoms with van der Waals surface area (Å²) in [6.07, 6.45) is 0.516. The van der Waals surface area contributed by atoms with Crippen LogP contribution in [0.4, 0.5) is 5.69 Å². The van der Waals surface area contributed by atoms with Crippen molar-refractivity contribution in [2.45, 2.75) is 17.9 Å². The summed E-state index contributed by atoms with van der Waals surface area (Å²) in [7, 11) is -2.31. The van der Waals surface area contributed by atoms with Gasteiger partial charge >= 0.3 is 5.97 Å². The molecule has 0 bridgehead atoms. The van der Waals surface area contributed by atoms with Crippen LogP contribution in [0.2, 0.25) is 0 Å². The third kappa shape index (κ3) is 6.31. The molecule has 0 fully saturated rings. The Balaban J connectivity index is 1.79. The van der Waals surface area contributed by atoms with Gasteiger partial charge in [0, 0.05) is 11.3 Å². The second kappa shape index (κ2) is 10.8. The number of anilines is 1. The minimum atomic E-state index is -3.84. The van der Waals surface area contributed by atoms with Gasteiger partial charge in [-0.3, -0.25) is 4.79 Å². The normalized spacial score (nSPS) is 12.5. The lowest BCUT2D eigenvalue weighted by Gasteiger charge is -2.16. The van der Waals surface area contributed by atoms with E-state index in [1.54, 1.807) is 42.5 Å². The van der Waals surface area contributed by atoms with E-state index >= 15 is 0 Å². The van der Waals surface area contributed by atoms with Crippen molar-refractivity contribution in [3.63, 3.8) is 0 Å². The van der Waals surface area contributed by atoms with Crippen LogP contribution in [0, 0.1) is 0 Å². The van der Waals surface area contributed by atoms with E-state index in [2.05, 4.69) is 5.32 Å². The summed E-state index contributed by atoms with van der Waals surface area (Å²) in [5, 5.41) is 7.66. The molecule has 0 spiro atoms. The number of para-hydroxylation sites is 1. The number of benzene rings is 3. The zero-order valence-electron chi connectivity index (χ0n) is 18.6. The first kappa shape index (κ1) is 24.7. The van der Waals surface area contributed by atoms with E-state index < -0.39 is 28.0 Å². The monoisotopic (exact) mass is 480 g/mol. The fourth-order valence-electron chi connectivity index (χ4n) is 3.07. The van der Waals surface area contributed by atoms with E-state index in [1.165, 1.54) is 38.3 Å². The molecule has 0 aliphatic carbocycles. The first-order chi connectivity index (χ1) is 16.2. The molecule has 1 atom stereocenters. The molecule has 0 radical (unpaired) electrons. The van der Waals surface area contributed by atoms with Gasteiger partial charge < -0.3 is 14.8 Å². The molecule has 1 unspecified atom stereocenters. The Morgan fingerprint density at radius 3 is 2.18 bits per heavy atom. The molecule has 1 amide bonds. The van der Waals surface area contributed by atoms with Crippen LogP contribution in [0.3, 0.4) is 0 Å². The van der Waals surface area contributed by atoms with Gasteiger partial charge in [0.15, 0.2) is 6.10 Å². The maximum absolute atomic E-state index is 13.1. The Labute approximate surface area is 198 Å². The van der Waals surface area contributed by atoms with Crippen LogP contribution in [-0.2, 0) is 24.3 Å². The minimum Gasteiger partial charge on any atom is -0.496 e. The van der Waals surface area contributed by atoms with Crippen LogP contribution < -0.4 is 15.2 Å². The summed E-state index contributed by atoms with van der Waals surface area (Å²) in [6, 6.07) is 21.5. The van der Waals surface area contributed by atoms with Crippen molar-refractivity contribution in [1.82, 2.24) is 0 Å². The molecule has 8 nitrogen and oxygen atoms in total. The van der Waals surface area contributed by atoms with Gasteiger partial charge in [0.1, 0.15) is 5.75 Å². The summed E-state index contributed by atoms with van der Waals surface area (Å²) < 4.78 is 33.6. The third-order valence-corrected chi connectivity index (χ3v) is 5.78. The molecule has 0 heterocycles. The number of carbonyl (C=O) groups is 2. The van der Waals surface area contributed by atoms with Crippen molar-refractivity contribution in [2.75, 3.05) is 12.4 Å². The zero-order chi connectivity index (χ0) is 24.7. The van der Waals surface area contributed by atoms with Crippen molar-refractivity contribution >= 4 is 39.2 Å². The molecular weight excluding hydrogens is 456 g/mol. The summed E-state index contributed by atoms with van der Waals surface area (Å²) in [6.45, 7) is 1.44. The minimum absolute atomic E-state index is 0.0843. The Morgan fingerprint density at radius 1 is 0.941 bits per heavy atom.